The molecule has 29 heavy (non-hydrogen) atoms. The average molecular weight is 393 g/mol. The van der Waals surface area contributed by atoms with Gasteiger partial charge < -0.3 is 19.5 Å². The minimum atomic E-state index is -0.557. The lowest BCUT2D eigenvalue weighted by molar-refractivity contribution is -0.148. The summed E-state index contributed by atoms with van der Waals surface area (Å²) in [5, 5.41) is 2.80. The van der Waals surface area contributed by atoms with Crippen molar-refractivity contribution in [3.05, 3.63) is 65.4 Å². The zero-order chi connectivity index (χ0) is 21.0. The lowest BCUT2D eigenvalue weighted by atomic mass is 10.1. The zero-order valence-electron chi connectivity index (χ0n) is 16.8. The number of esters is 1. The van der Waals surface area contributed by atoms with Gasteiger partial charge in [0.15, 0.2) is 11.5 Å². The summed E-state index contributed by atoms with van der Waals surface area (Å²) in [7, 11) is 1.55. The Morgan fingerprint density at radius 1 is 1.14 bits per heavy atom. The van der Waals surface area contributed by atoms with Gasteiger partial charge in [-0.15, -0.1) is 0 Å². The van der Waals surface area contributed by atoms with Crippen LogP contribution in [0.25, 0.3) is 12.2 Å². The smallest absolute Gasteiger partial charge is 0.331 e. The highest BCUT2D eigenvalue weighted by atomic mass is 16.6. The van der Waals surface area contributed by atoms with Crippen molar-refractivity contribution in [2.24, 2.45) is 0 Å². The third kappa shape index (κ3) is 5.25. The zero-order valence-corrected chi connectivity index (χ0v) is 16.8. The molecule has 1 amide bonds. The molecule has 2 aromatic rings. The first-order valence-corrected chi connectivity index (χ1v) is 9.14. The summed E-state index contributed by atoms with van der Waals surface area (Å²) in [4.78, 5) is 24.3. The Morgan fingerprint density at radius 2 is 1.90 bits per heavy atom. The van der Waals surface area contributed by atoms with Crippen LogP contribution in [0.1, 0.15) is 31.9 Å². The predicted octanol–water partition coefficient (Wildman–Crippen LogP) is 4.42. The van der Waals surface area contributed by atoms with E-state index in [-0.39, 0.29) is 11.7 Å². The third-order valence-electron chi connectivity index (χ3n) is 3.94. The summed E-state index contributed by atoms with van der Waals surface area (Å²) in [6.07, 6.45) is 4.62. The second kappa shape index (κ2) is 8.22. The molecule has 0 atom stereocenters. The molecule has 150 valence electrons. The minimum Gasteiger partial charge on any atom is -0.496 e. The van der Waals surface area contributed by atoms with Crippen LogP contribution in [-0.2, 0) is 14.3 Å². The van der Waals surface area contributed by atoms with Crippen LogP contribution in [0, 0.1) is 0 Å². The molecule has 0 spiro atoms. The van der Waals surface area contributed by atoms with Gasteiger partial charge in [0.2, 0.25) is 0 Å². The molecular formula is C23H23NO5. The van der Waals surface area contributed by atoms with E-state index in [1.165, 1.54) is 6.08 Å². The Morgan fingerprint density at radius 3 is 2.62 bits per heavy atom. The maximum atomic E-state index is 12.4. The molecule has 1 heterocycles. The Labute approximate surface area is 169 Å². The number of hydrogen-bond acceptors (Lipinski definition) is 5. The summed E-state index contributed by atoms with van der Waals surface area (Å²) >= 11 is 0. The molecule has 1 N–H and O–H groups in total. The van der Waals surface area contributed by atoms with Gasteiger partial charge in [0, 0.05) is 11.6 Å². The van der Waals surface area contributed by atoms with Crippen molar-refractivity contribution in [2.75, 3.05) is 12.4 Å². The second-order valence-electron chi connectivity index (χ2n) is 7.43. The molecule has 2 aromatic carbocycles. The molecule has 6 nitrogen and oxygen atoms in total. The van der Waals surface area contributed by atoms with Crippen molar-refractivity contribution in [1.29, 1.82) is 0 Å². The molecule has 0 saturated heterocycles. The normalized spacial score (nSPS) is 14.9. The molecule has 0 fully saturated rings. The van der Waals surface area contributed by atoms with Gasteiger partial charge in [0.25, 0.3) is 5.91 Å². The summed E-state index contributed by atoms with van der Waals surface area (Å²) in [5.74, 6) is 0.510. The van der Waals surface area contributed by atoms with Crippen molar-refractivity contribution >= 4 is 29.7 Å². The largest absolute Gasteiger partial charge is 0.496 e. The molecule has 1 aliphatic heterocycles. The van der Waals surface area contributed by atoms with E-state index in [0.29, 0.717) is 22.7 Å². The van der Waals surface area contributed by atoms with Crippen LogP contribution in [0.15, 0.2) is 54.3 Å². The topological polar surface area (TPSA) is 73.9 Å². The first-order chi connectivity index (χ1) is 13.7. The maximum absolute atomic E-state index is 12.4. The molecule has 0 aliphatic carbocycles. The SMILES string of the molecule is COc1ccc(/C=C/C(=O)OC(C)(C)C)cc1/C=C1\Oc2ccccc2NC1=O. The van der Waals surface area contributed by atoms with Gasteiger partial charge in [0.1, 0.15) is 11.4 Å². The highest BCUT2D eigenvalue weighted by molar-refractivity contribution is 6.08. The van der Waals surface area contributed by atoms with E-state index >= 15 is 0 Å². The number of fused-ring (bicyclic) bond motifs is 1. The van der Waals surface area contributed by atoms with Crippen molar-refractivity contribution in [2.45, 2.75) is 26.4 Å². The number of carbonyl (C=O) groups excluding carboxylic acids is 2. The summed E-state index contributed by atoms with van der Waals surface area (Å²) in [6, 6.07) is 12.6. The number of methoxy groups -OCH3 is 1. The van der Waals surface area contributed by atoms with E-state index in [1.54, 1.807) is 49.6 Å². The third-order valence-corrected chi connectivity index (χ3v) is 3.94. The number of rotatable bonds is 4. The van der Waals surface area contributed by atoms with E-state index in [1.807, 2.05) is 32.9 Å². The van der Waals surface area contributed by atoms with Crippen LogP contribution in [0.3, 0.4) is 0 Å². The Balaban J connectivity index is 1.87. The lowest BCUT2D eigenvalue weighted by Crippen LogP contribution is -2.23. The van der Waals surface area contributed by atoms with Gasteiger partial charge >= 0.3 is 5.97 Å². The highest BCUT2D eigenvalue weighted by Gasteiger charge is 2.22. The van der Waals surface area contributed by atoms with Crippen LogP contribution in [-0.4, -0.2) is 24.6 Å². The maximum Gasteiger partial charge on any atom is 0.331 e. The van der Waals surface area contributed by atoms with Crippen molar-refractivity contribution in [1.82, 2.24) is 0 Å². The van der Waals surface area contributed by atoms with Crippen molar-refractivity contribution in [3.63, 3.8) is 0 Å². The molecule has 0 aromatic heterocycles. The quantitative estimate of drug-likeness (QED) is 0.615. The van der Waals surface area contributed by atoms with Gasteiger partial charge in [0.05, 0.1) is 12.8 Å². The Hall–Kier alpha value is -3.54. The number of hydrogen-bond donors (Lipinski definition) is 1. The van der Waals surface area contributed by atoms with Crippen molar-refractivity contribution < 1.29 is 23.8 Å². The molecule has 1 aliphatic rings. The number of para-hydroxylation sites is 2. The molecule has 0 radical (unpaired) electrons. The van der Waals surface area contributed by atoms with E-state index < -0.39 is 11.6 Å². The van der Waals surface area contributed by atoms with E-state index in [2.05, 4.69) is 5.32 Å². The van der Waals surface area contributed by atoms with E-state index in [9.17, 15) is 9.59 Å². The summed E-state index contributed by atoms with van der Waals surface area (Å²) < 4.78 is 16.4. The number of carbonyl (C=O) groups is 2. The summed E-state index contributed by atoms with van der Waals surface area (Å²) in [6.45, 7) is 5.43. The second-order valence-corrected chi connectivity index (χ2v) is 7.43. The number of ether oxygens (including phenoxy) is 3. The molecule has 3 rings (SSSR count). The molecule has 0 bridgehead atoms. The fraction of sp³-hybridized carbons (Fsp3) is 0.217. The van der Waals surface area contributed by atoms with E-state index in [0.717, 1.165) is 5.56 Å². The standard InChI is InChI=1S/C23H23NO5/c1-23(2,3)29-21(25)12-10-15-9-11-18(27-4)16(13-15)14-20-22(26)24-17-7-5-6-8-19(17)28-20/h5-14H,1-4H3,(H,24,26)/b12-10+,20-14-. The fourth-order valence-corrected chi connectivity index (χ4v) is 2.71. The Bertz CT molecular complexity index is 999. The monoisotopic (exact) mass is 393 g/mol. The Kier molecular flexibility index (Phi) is 5.73. The van der Waals surface area contributed by atoms with Crippen molar-refractivity contribution in [3.8, 4) is 11.5 Å². The number of nitrogens with one attached hydrogen (secondary N) is 1. The van der Waals surface area contributed by atoms with Crippen LogP contribution < -0.4 is 14.8 Å². The number of amides is 1. The first kappa shape index (κ1) is 20.2. The highest BCUT2D eigenvalue weighted by Crippen LogP contribution is 2.32. The minimum absolute atomic E-state index is 0.148. The van der Waals surface area contributed by atoms with Gasteiger partial charge in [-0.2, -0.15) is 0 Å². The van der Waals surface area contributed by atoms with Gasteiger partial charge in [-0.05, 0) is 62.8 Å². The molecular weight excluding hydrogens is 370 g/mol. The molecule has 0 saturated carbocycles. The van der Waals surface area contributed by atoms with Crippen LogP contribution in [0.4, 0.5) is 5.69 Å². The lowest BCUT2D eigenvalue weighted by Gasteiger charge is -2.20. The van der Waals surface area contributed by atoms with Crippen LogP contribution >= 0.6 is 0 Å². The molecule has 0 unspecified atom stereocenters. The summed E-state index contributed by atoms with van der Waals surface area (Å²) in [5.41, 5.74) is 1.46. The van der Waals surface area contributed by atoms with Crippen LogP contribution in [0.5, 0.6) is 11.5 Å². The first-order valence-electron chi connectivity index (χ1n) is 9.14. The average Bonchev–Trinajstić information content (AvgIpc) is 2.66. The van der Waals surface area contributed by atoms with Crippen LogP contribution in [0.2, 0.25) is 0 Å². The fourth-order valence-electron chi connectivity index (χ4n) is 2.71. The van der Waals surface area contributed by atoms with Gasteiger partial charge in [-0.1, -0.05) is 18.2 Å². The predicted molar refractivity (Wildman–Crippen MR) is 112 cm³/mol. The van der Waals surface area contributed by atoms with Gasteiger partial charge in [-0.25, -0.2) is 4.79 Å². The molecule has 6 heteroatoms. The van der Waals surface area contributed by atoms with Gasteiger partial charge in [-0.3, -0.25) is 4.79 Å². The number of anilines is 1. The van der Waals surface area contributed by atoms with E-state index in [4.69, 9.17) is 14.2 Å². The number of benzene rings is 2.